The van der Waals surface area contributed by atoms with Gasteiger partial charge in [-0.15, -0.1) is 0 Å². The SMILES string of the molecule is CCCCOc1ccc2c(c1)OCC[C@]21Cc2nn(-c3cc(C)on3)c(NC(=O)CS(C)(=O)=O)c2C(=O)N1. The van der Waals surface area contributed by atoms with Gasteiger partial charge in [0.1, 0.15) is 28.6 Å². The van der Waals surface area contributed by atoms with Gasteiger partial charge in [-0.05, 0) is 25.5 Å². The minimum Gasteiger partial charge on any atom is -0.493 e. The smallest absolute Gasteiger partial charge is 0.257 e. The summed E-state index contributed by atoms with van der Waals surface area (Å²) in [6, 6.07) is 7.19. The van der Waals surface area contributed by atoms with Gasteiger partial charge < -0.3 is 24.6 Å². The summed E-state index contributed by atoms with van der Waals surface area (Å²) in [5, 5.41) is 14.3. The molecule has 0 aliphatic carbocycles. The molecule has 2 N–H and O–H groups in total. The molecule has 0 bridgehead atoms. The maximum Gasteiger partial charge on any atom is 0.257 e. The average molecular weight is 544 g/mol. The third kappa shape index (κ3) is 4.97. The van der Waals surface area contributed by atoms with Crippen LogP contribution in [0.2, 0.25) is 0 Å². The fourth-order valence-corrected chi connectivity index (χ4v) is 5.35. The van der Waals surface area contributed by atoms with Gasteiger partial charge in [0.15, 0.2) is 21.5 Å². The van der Waals surface area contributed by atoms with Crippen LogP contribution in [0.25, 0.3) is 5.82 Å². The largest absolute Gasteiger partial charge is 0.493 e. The van der Waals surface area contributed by atoms with E-state index >= 15 is 0 Å². The number of anilines is 1. The summed E-state index contributed by atoms with van der Waals surface area (Å²) in [7, 11) is -3.60. The molecule has 1 spiro atoms. The fourth-order valence-electron chi connectivity index (χ4n) is 4.80. The Kier molecular flexibility index (Phi) is 6.63. The minimum absolute atomic E-state index is 0.0289. The predicted octanol–water partition coefficient (Wildman–Crippen LogP) is 2.29. The number of amides is 2. The van der Waals surface area contributed by atoms with Crippen LogP contribution >= 0.6 is 0 Å². The highest BCUT2D eigenvalue weighted by molar-refractivity contribution is 7.91. The number of carbonyl (C=O) groups is 2. The van der Waals surface area contributed by atoms with E-state index in [4.69, 9.17) is 14.0 Å². The van der Waals surface area contributed by atoms with Crippen LogP contribution in [0.15, 0.2) is 28.8 Å². The average Bonchev–Trinajstić information content (AvgIpc) is 3.41. The maximum absolute atomic E-state index is 13.6. The van der Waals surface area contributed by atoms with Crippen molar-refractivity contribution in [3.8, 4) is 17.3 Å². The number of ether oxygens (including phenoxy) is 2. The predicted molar refractivity (Wildman–Crippen MR) is 137 cm³/mol. The molecule has 3 aromatic rings. The van der Waals surface area contributed by atoms with Crippen LogP contribution in [0, 0.1) is 6.92 Å². The summed E-state index contributed by atoms with van der Waals surface area (Å²) in [6.45, 7) is 4.77. The molecule has 12 nitrogen and oxygen atoms in total. The molecule has 2 aromatic heterocycles. The van der Waals surface area contributed by atoms with Crippen molar-refractivity contribution in [2.75, 3.05) is 30.5 Å². The molecule has 0 saturated heterocycles. The number of nitrogens with one attached hydrogen (secondary N) is 2. The molecule has 1 aromatic carbocycles. The Morgan fingerprint density at radius 1 is 1.32 bits per heavy atom. The van der Waals surface area contributed by atoms with E-state index in [2.05, 4.69) is 27.8 Å². The highest BCUT2D eigenvalue weighted by Gasteiger charge is 2.46. The van der Waals surface area contributed by atoms with E-state index in [0.29, 0.717) is 49.0 Å². The number of unbranched alkanes of at least 4 members (excludes halogenated alkanes) is 1. The minimum atomic E-state index is -3.60. The molecule has 2 aliphatic rings. The number of carbonyl (C=O) groups excluding carboxylic acids is 2. The zero-order valence-corrected chi connectivity index (χ0v) is 22.2. The summed E-state index contributed by atoms with van der Waals surface area (Å²) in [5.74, 6) is 0.0964. The van der Waals surface area contributed by atoms with Crippen molar-refractivity contribution in [2.24, 2.45) is 0 Å². The molecule has 5 rings (SSSR count). The molecule has 0 radical (unpaired) electrons. The highest BCUT2D eigenvalue weighted by Crippen LogP contribution is 2.44. The van der Waals surface area contributed by atoms with Gasteiger partial charge in [-0.1, -0.05) is 18.5 Å². The molecule has 4 heterocycles. The van der Waals surface area contributed by atoms with Gasteiger partial charge in [-0.25, -0.2) is 8.42 Å². The van der Waals surface area contributed by atoms with E-state index in [1.54, 1.807) is 13.0 Å². The zero-order valence-electron chi connectivity index (χ0n) is 21.4. The normalized spacial score (nSPS) is 18.3. The number of nitrogens with zero attached hydrogens (tertiary/aromatic N) is 3. The van der Waals surface area contributed by atoms with Crippen molar-refractivity contribution < 1.29 is 32.0 Å². The third-order valence-corrected chi connectivity index (χ3v) is 7.30. The number of benzene rings is 1. The van der Waals surface area contributed by atoms with Gasteiger partial charge in [0.25, 0.3) is 5.91 Å². The van der Waals surface area contributed by atoms with E-state index in [9.17, 15) is 18.0 Å². The van der Waals surface area contributed by atoms with Gasteiger partial charge in [-0.3, -0.25) is 9.59 Å². The summed E-state index contributed by atoms with van der Waals surface area (Å²) in [4.78, 5) is 26.2. The Balaban J connectivity index is 1.53. The standard InChI is InChI=1S/C25H29N5O7S/c1-4-5-9-35-16-6-7-17-19(12-16)36-10-8-25(17)13-18-22(24(32)27-25)23(26-21(31)14-38(3,33)34)30(28-18)20-11-15(2)37-29-20/h6-7,11-12H,4-5,8-10,13-14H2,1-3H3,(H,26,31)(H,27,32)/t25-/m0/s1. The van der Waals surface area contributed by atoms with Crippen molar-refractivity contribution in [3.63, 3.8) is 0 Å². The van der Waals surface area contributed by atoms with E-state index < -0.39 is 32.9 Å². The lowest BCUT2D eigenvalue weighted by Gasteiger charge is -2.41. The first-order valence-corrected chi connectivity index (χ1v) is 14.4. The summed E-state index contributed by atoms with van der Waals surface area (Å²) in [6.07, 6.45) is 3.75. The van der Waals surface area contributed by atoms with Gasteiger partial charge in [0.2, 0.25) is 5.91 Å². The van der Waals surface area contributed by atoms with Crippen molar-refractivity contribution in [1.82, 2.24) is 20.3 Å². The van der Waals surface area contributed by atoms with E-state index in [0.717, 1.165) is 24.7 Å². The first-order valence-electron chi connectivity index (χ1n) is 12.3. The number of rotatable bonds is 8. The second kappa shape index (κ2) is 9.78. The number of aryl methyl sites for hydroxylation is 1. The molecular formula is C25H29N5O7S. The Bertz CT molecular complexity index is 1510. The summed E-state index contributed by atoms with van der Waals surface area (Å²) in [5.41, 5.74) is 0.595. The molecule has 13 heteroatoms. The number of sulfone groups is 1. The fraction of sp³-hybridized carbons (Fsp3) is 0.440. The van der Waals surface area contributed by atoms with Gasteiger partial charge in [0, 0.05) is 36.8 Å². The third-order valence-electron chi connectivity index (χ3n) is 6.51. The Morgan fingerprint density at radius 2 is 2.13 bits per heavy atom. The van der Waals surface area contributed by atoms with Gasteiger partial charge in [0.05, 0.1) is 24.4 Å². The topological polar surface area (TPSA) is 155 Å². The van der Waals surface area contributed by atoms with Crippen molar-refractivity contribution in [3.05, 3.63) is 46.8 Å². The van der Waals surface area contributed by atoms with Crippen molar-refractivity contribution in [1.29, 1.82) is 0 Å². The summed E-state index contributed by atoms with van der Waals surface area (Å²) >= 11 is 0. The number of aromatic nitrogens is 3. The zero-order chi connectivity index (χ0) is 27.1. The van der Waals surface area contributed by atoms with Crippen LogP contribution in [0.3, 0.4) is 0 Å². The van der Waals surface area contributed by atoms with E-state index in [1.807, 2.05) is 18.2 Å². The van der Waals surface area contributed by atoms with Crippen LogP contribution in [-0.2, 0) is 26.6 Å². The van der Waals surface area contributed by atoms with Crippen LogP contribution in [0.1, 0.15) is 53.6 Å². The second-order valence-electron chi connectivity index (χ2n) is 9.67. The number of fused-ring (bicyclic) bond motifs is 3. The Labute approximate surface area is 219 Å². The molecule has 0 fully saturated rings. The monoisotopic (exact) mass is 543 g/mol. The van der Waals surface area contributed by atoms with Crippen LogP contribution in [-0.4, -0.2) is 60.4 Å². The first kappa shape index (κ1) is 25.8. The molecule has 0 unspecified atom stereocenters. The van der Waals surface area contributed by atoms with Crippen LogP contribution in [0.5, 0.6) is 11.5 Å². The van der Waals surface area contributed by atoms with E-state index in [1.165, 1.54) is 4.68 Å². The molecule has 2 aliphatic heterocycles. The summed E-state index contributed by atoms with van der Waals surface area (Å²) < 4.78 is 41.6. The highest BCUT2D eigenvalue weighted by atomic mass is 32.2. The van der Waals surface area contributed by atoms with E-state index in [-0.39, 0.29) is 17.2 Å². The molecule has 1 atom stereocenters. The Morgan fingerprint density at radius 3 is 2.84 bits per heavy atom. The van der Waals surface area contributed by atoms with Gasteiger partial charge in [-0.2, -0.15) is 9.78 Å². The molecule has 38 heavy (non-hydrogen) atoms. The molecule has 2 amide bonds. The number of hydrogen-bond donors (Lipinski definition) is 2. The van der Waals surface area contributed by atoms with Crippen LogP contribution < -0.4 is 20.1 Å². The lowest BCUT2D eigenvalue weighted by molar-refractivity contribution is -0.113. The lowest BCUT2D eigenvalue weighted by atomic mass is 9.77. The quantitative estimate of drug-likeness (QED) is 0.407. The van der Waals surface area contributed by atoms with Crippen molar-refractivity contribution in [2.45, 2.75) is 45.1 Å². The van der Waals surface area contributed by atoms with Crippen LogP contribution in [0.4, 0.5) is 5.82 Å². The molecular weight excluding hydrogens is 514 g/mol. The second-order valence-corrected chi connectivity index (χ2v) is 11.8. The first-order chi connectivity index (χ1) is 18.1. The lowest BCUT2D eigenvalue weighted by Crippen LogP contribution is -2.53. The molecule has 202 valence electrons. The van der Waals surface area contributed by atoms with Gasteiger partial charge >= 0.3 is 0 Å². The number of hydrogen-bond acceptors (Lipinski definition) is 9. The molecule has 0 saturated carbocycles. The maximum atomic E-state index is 13.6. The Hall–Kier alpha value is -3.87. The van der Waals surface area contributed by atoms with Crippen molar-refractivity contribution >= 4 is 27.5 Å².